The van der Waals surface area contributed by atoms with Gasteiger partial charge in [0.15, 0.2) is 5.96 Å². The number of rotatable bonds is 5. The Bertz CT molecular complexity index is 820. The van der Waals surface area contributed by atoms with Gasteiger partial charge in [-0.05, 0) is 38.0 Å². The number of aliphatic imine (C=N–C) groups is 1. The molecule has 3 rings (SSSR count). The van der Waals surface area contributed by atoms with Crippen LogP contribution in [-0.2, 0) is 13.5 Å². The quantitative estimate of drug-likeness (QED) is 0.631. The van der Waals surface area contributed by atoms with Crippen LogP contribution >= 0.6 is 0 Å². The maximum absolute atomic E-state index is 5.51. The number of aromatic nitrogens is 2. The topological polar surface area (TPSA) is 57.9 Å². The molecule has 0 atom stereocenters. The number of para-hydroxylation sites is 2. The lowest BCUT2D eigenvalue weighted by molar-refractivity contribution is 0.367. The Morgan fingerprint density at radius 1 is 1.18 bits per heavy atom. The summed E-state index contributed by atoms with van der Waals surface area (Å²) in [6.45, 7) is 8.82. The third kappa shape index (κ3) is 4.24. The first-order chi connectivity index (χ1) is 13.5. The molecule has 0 amide bonds. The molecule has 1 aliphatic rings. The van der Waals surface area contributed by atoms with Crippen molar-refractivity contribution in [3.05, 3.63) is 41.2 Å². The molecule has 1 fully saturated rings. The number of piperazine rings is 1. The van der Waals surface area contributed by atoms with Crippen molar-refractivity contribution in [2.75, 3.05) is 51.8 Å². The number of benzene rings is 1. The summed E-state index contributed by atoms with van der Waals surface area (Å²) in [5.74, 6) is 1.90. The predicted molar refractivity (Wildman–Crippen MR) is 115 cm³/mol. The van der Waals surface area contributed by atoms with Gasteiger partial charge in [-0.1, -0.05) is 12.1 Å². The summed E-state index contributed by atoms with van der Waals surface area (Å²) in [6.07, 6.45) is 0.950. The number of nitrogens with one attached hydrogen (secondary N) is 1. The Hall–Kier alpha value is -2.70. The fourth-order valence-corrected chi connectivity index (χ4v) is 3.86. The minimum atomic E-state index is 0.854. The van der Waals surface area contributed by atoms with Crippen LogP contribution in [0.5, 0.6) is 5.75 Å². The molecular weight excluding hydrogens is 352 g/mol. The molecule has 0 radical (unpaired) electrons. The molecule has 1 saturated heterocycles. The van der Waals surface area contributed by atoms with Crippen LogP contribution < -0.4 is 15.0 Å². The number of guanidine groups is 1. The standard InChI is InChI=1S/C21H32N6O/c1-16-18(17(2)25(4)24-16)10-11-23-21(22-3)27-14-12-26(13-15-27)19-8-6-7-9-20(19)28-5/h6-9H,10-15H2,1-5H3,(H,22,23). The van der Waals surface area contributed by atoms with Crippen LogP contribution in [0.2, 0.25) is 0 Å². The van der Waals surface area contributed by atoms with Gasteiger partial charge in [0, 0.05) is 52.5 Å². The number of hydrogen-bond acceptors (Lipinski definition) is 4. The van der Waals surface area contributed by atoms with Crippen LogP contribution in [0.3, 0.4) is 0 Å². The van der Waals surface area contributed by atoms with E-state index in [4.69, 9.17) is 4.74 Å². The van der Waals surface area contributed by atoms with Crippen molar-refractivity contribution in [2.24, 2.45) is 12.0 Å². The minimum Gasteiger partial charge on any atom is -0.495 e. The second-order valence-electron chi connectivity index (χ2n) is 7.14. The molecule has 28 heavy (non-hydrogen) atoms. The molecule has 1 N–H and O–H groups in total. The Kier molecular flexibility index (Phi) is 6.44. The summed E-state index contributed by atoms with van der Waals surface area (Å²) in [6, 6.07) is 8.22. The zero-order valence-corrected chi connectivity index (χ0v) is 17.7. The zero-order valence-electron chi connectivity index (χ0n) is 17.7. The summed E-state index contributed by atoms with van der Waals surface area (Å²) in [4.78, 5) is 9.20. The van der Waals surface area contributed by atoms with Gasteiger partial charge in [0.1, 0.15) is 5.75 Å². The molecule has 1 aromatic carbocycles. The van der Waals surface area contributed by atoms with Gasteiger partial charge in [-0.3, -0.25) is 9.67 Å². The summed E-state index contributed by atoms with van der Waals surface area (Å²) >= 11 is 0. The number of ether oxygens (including phenoxy) is 1. The number of hydrogen-bond donors (Lipinski definition) is 1. The Morgan fingerprint density at radius 3 is 2.50 bits per heavy atom. The van der Waals surface area contributed by atoms with Crippen molar-refractivity contribution in [3.8, 4) is 5.75 Å². The predicted octanol–water partition coefficient (Wildman–Crippen LogP) is 1.99. The van der Waals surface area contributed by atoms with Crippen molar-refractivity contribution >= 4 is 11.6 Å². The monoisotopic (exact) mass is 384 g/mol. The first-order valence-corrected chi connectivity index (χ1v) is 9.87. The molecule has 0 aliphatic carbocycles. The lowest BCUT2D eigenvalue weighted by atomic mass is 10.1. The third-order valence-electron chi connectivity index (χ3n) is 5.53. The maximum Gasteiger partial charge on any atom is 0.193 e. The van der Waals surface area contributed by atoms with E-state index in [2.05, 4.69) is 51.2 Å². The molecule has 2 heterocycles. The smallest absolute Gasteiger partial charge is 0.193 e. The molecule has 1 aliphatic heterocycles. The van der Waals surface area contributed by atoms with Gasteiger partial charge in [0.25, 0.3) is 0 Å². The van der Waals surface area contributed by atoms with Crippen molar-refractivity contribution in [1.29, 1.82) is 0 Å². The normalized spacial score (nSPS) is 15.1. The minimum absolute atomic E-state index is 0.854. The molecule has 0 unspecified atom stereocenters. The van der Waals surface area contributed by atoms with Crippen LogP contribution in [-0.4, -0.2) is 67.5 Å². The van der Waals surface area contributed by atoms with E-state index >= 15 is 0 Å². The molecule has 7 nitrogen and oxygen atoms in total. The van der Waals surface area contributed by atoms with Gasteiger partial charge in [-0.15, -0.1) is 0 Å². The zero-order chi connectivity index (χ0) is 20.1. The molecule has 1 aromatic heterocycles. The van der Waals surface area contributed by atoms with Crippen LogP contribution in [0.25, 0.3) is 0 Å². The highest BCUT2D eigenvalue weighted by Gasteiger charge is 2.21. The number of methoxy groups -OCH3 is 1. The highest BCUT2D eigenvalue weighted by molar-refractivity contribution is 5.80. The van der Waals surface area contributed by atoms with E-state index in [-0.39, 0.29) is 0 Å². The van der Waals surface area contributed by atoms with E-state index in [9.17, 15) is 0 Å². The Balaban J connectivity index is 1.54. The van der Waals surface area contributed by atoms with Gasteiger partial charge < -0.3 is 19.9 Å². The first kappa shape index (κ1) is 20.0. The van der Waals surface area contributed by atoms with Crippen LogP contribution in [0, 0.1) is 13.8 Å². The van der Waals surface area contributed by atoms with Crippen molar-refractivity contribution in [3.63, 3.8) is 0 Å². The average Bonchev–Trinajstić information content (AvgIpc) is 2.97. The van der Waals surface area contributed by atoms with Crippen LogP contribution in [0.15, 0.2) is 29.3 Å². The highest BCUT2D eigenvalue weighted by Crippen LogP contribution is 2.28. The van der Waals surface area contributed by atoms with Crippen LogP contribution in [0.1, 0.15) is 17.0 Å². The van der Waals surface area contributed by atoms with E-state index in [1.165, 1.54) is 11.3 Å². The highest BCUT2D eigenvalue weighted by atomic mass is 16.5. The molecule has 0 bridgehead atoms. The van der Waals surface area contributed by atoms with Gasteiger partial charge in [-0.2, -0.15) is 5.10 Å². The average molecular weight is 385 g/mol. The number of aryl methyl sites for hydroxylation is 2. The third-order valence-corrected chi connectivity index (χ3v) is 5.53. The van der Waals surface area contributed by atoms with Gasteiger partial charge in [0.05, 0.1) is 18.5 Å². The lowest BCUT2D eigenvalue weighted by Crippen LogP contribution is -2.52. The van der Waals surface area contributed by atoms with Crippen molar-refractivity contribution < 1.29 is 4.74 Å². The summed E-state index contributed by atoms with van der Waals surface area (Å²) in [5.41, 5.74) is 4.84. The second kappa shape index (κ2) is 8.99. The number of anilines is 1. The molecule has 2 aromatic rings. The maximum atomic E-state index is 5.51. The van der Waals surface area contributed by atoms with Gasteiger partial charge in [0.2, 0.25) is 0 Å². The summed E-state index contributed by atoms with van der Waals surface area (Å²) < 4.78 is 7.47. The second-order valence-corrected chi connectivity index (χ2v) is 7.14. The molecular formula is C21H32N6O. The van der Waals surface area contributed by atoms with E-state index < -0.39 is 0 Å². The fourth-order valence-electron chi connectivity index (χ4n) is 3.86. The van der Waals surface area contributed by atoms with Gasteiger partial charge in [-0.25, -0.2) is 0 Å². The van der Waals surface area contributed by atoms with Crippen molar-refractivity contribution in [1.82, 2.24) is 20.0 Å². The fraction of sp³-hybridized carbons (Fsp3) is 0.524. The molecule has 7 heteroatoms. The SMILES string of the molecule is CN=C(NCCc1c(C)nn(C)c1C)N1CCN(c2ccccc2OC)CC1. The van der Waals surface area contributed by atoms with Crippen molar-refractivity contribution in [2.45, 2.75) is 20.3 Å². The Morgan fingerprint density at radius 2 is 1.89 bits per heavy atom. The molecule has 0 saturated carbocycles. The van der Waals surface area contributed by atoms with E-state index in [0.717, 1.165) is 62.2 Å². The van der Waals surface area contributed by atoms with E-state index in [0.29, 0.717) is 0 Å². The molecule has 0 spiro atoms. The summed E-state index contributed by atoms with van der Waals surface area (Å²) in [5, 5.41) is 8.03. The summed E-state index contributed by atoms with van der Waals surface area (Å²) in [7, 11) is 5.58. The van der Waals surface area contributed by atoms with E-state index in [1.807, 2.05) is 30.9 Å². The van der Waals surface area contributed by atoms with E-state index in [1.54, 1.807) is 7.11 Å². The number of nitrogens with zero attached hydrogens (tertiary/aromatic N) is 5. The molecule has 152 valence electrons. The largest absolute Gasteiger partial charge is 0.495 e. The van der Waals surface area contributed by atoms with Gasteiger partial charge >= 0.3 is 0 Å². The van der Waals surface area contributed by atoms with Crippen LogP contribution in [0.4, 0.5) is 5.69 Å². The lowest BCUT2D eigenvalue weighted by Gasteiger charge is -2.38. The Labute approximate surface area is 168 Å². The first-order valence-electron chi connectivity index (χ1n) is 9.87.